The Morgan fingerprint density at radius 1 is 1.09 bits per heavy atom. The van der Waals surface area contributed by atoms with Crippen molar-refractivity contribution in [2.75, 3.05) is 13.3 Å². The van der Waals surface area contributed by atoms with Gasteiger partial charge in [0.05, 0.1) is 11.3 Å². The summed E-state index contributed by atoms with van der Waals surface area (Å²) in [6.07, 6.45) is -2.76. The van der Waals surface area contributed by atoms with E-state index in [1.54, 1.807) is 13.0 Å². The lowest BCUT2D eigenvalue weighted by Crippen LogP contribution is -2.18. The van der Waals surface area contributed by atoms with E-state index in [1.165, 1.54) is 37.4 Å². The van der Waals surface area contributed by atoms with Crippen molar-refractivity contribution in [3.05, 3.63) is 59.0 Å². The lowest BCUT2D eigenvalue weighted by Gasteiger charge is -2.14. The van der Waals surface area contributed by atoms with Gasteiger partial charge in [0.25, 0.3) is 5.91 Å². The summed E-state index contributed by atoms with van der Waals surface area (Å²) in [6, 6.07) is 8.49. The number of para-hydroxylation sites is 1. The van der Waals surface area contributed by atoms with Crippen molar-refractivity contribution in [3.8, 4) is 17.2 Å². The Bertz CT molecular complexity index is 1410. The van der Waals surface area contributed by atoms with E-state index in [2.05, 4.69) is 14.7 Å². The first kappa shape index (κ1) is 22.5. The highest BCUT2D eigenvalue weighted by Crippen LogP contribution is 2.39. The maximum atomic E-state index is 13.1. The molecule has 0 atom stereocenters. The number of fused-ring (bicyclic) bond motifs is 1. The molecule has 0 radical (unpaired) electrons. The zero-order valence-corrected chi connectivity index (χ0v) is 18.3. The van der Waals surface area contributed by atoms with Crippen molar-refractivity contribution in [2.45, 2.75) is 18.4 Å². The molecule has 1 aliphatic rings. The zero-order chi connectivity index (χ0) is 24.1. The number of hydrogen-bond acceptors (Lipinski definition) is 7. The third kappa shape index (κ3) is 4.33. The molecular formula is C21H16F3N3O5S. The van der Waals surface area contributed by atoms with Gasteiger partial charge >= 0.3 is 6.36 Å². The molecule has 8 nitrogen and oxygen atoms in total. The molecule has 0 unspecified atom stereocenters. The fourth-order valence-corrected chi connectivity index (χ4v) is 3.81. The van der Waals surface area contributed by atoms with Gasteiger partial charge in [0.1, 0.15) is 22.9 Å². The number of rotatable bonds is 4. The molecule has 1 amide bonds. The number of carbonyl (C=O) groups excluding carboxylic acids is 1. The van der Waals surface area contributed by atoms with Crippen LogP contribution in [0.25, 0.3) is 23.2 Å². The molecule has 33 heavy (non-hydrogen) atoms. The second-order valence-corrected chi connectivity index (χ2v) is 9.15. The molecule has 0 spiro atoms. The minimum Gasteiger partial charge on any atom is -0.460 e. The van der Waals surface area contributed by atoms with E-state index in [1.807, 2.05) is 0 Å². The van der Waals surface area contributed by atoms with Crippen LogP contribution >= 0.6 is 0 Å². The molecule has 0 saturated heterocycles. The number of aryl methyl sites for hydroxylation is 1. The van der Waals surface area contributed by atoms with Crippen molar-refractivity contribution in [1.82, 2.24) is 14.9 Å². The van der Waals surface area contributed by atoms with Crippen LogP contribution in [-0.4, -0.2) is 48.9 Å². The number of carbonyl (C=O) groups is 1. The second-order valence-electron chi connectivity index (χ2n) is 7.24. The Hall–Kier alpha value is -3.67. The van der Waals surface area contributed by atoms with Gasteiger partial charge in [-0.05, 0) is 31.2 Å². The molecule has 1 aliphatic heterocycles. The molecule has 3 heterocycles. The first-order valence-corrected chi connectivity index (χ1v) is 11.3. The van der Waals surface area contributed by atoms with Crippen LogP contribution in [0.2, 0.25) is 0 Å². The van der Waals surface area contributed by atoms with Crippen molar-refractivity contribution in [2.24, 2.45) is 0 Å². The van der Waals surface area contributed by atoms with Gasteiger partial charge in [-0.1, -0.05) is 18.2 Å². The van der Waals surface area contributed by atoms with E-state index in [0.717, 1.165) is 17.2 Å². The van der Waals surface area contributed by atoms with Gasteiger partial charge in [0, 0.05) is 18.9 Å². The summed E-state index contributed by atoms with van der Waals surface area (Å²) in [6.45, 7) is 1.67. The molecule has 2 aromatic heterocycles. The number of benzene rings is 1. The number of halogens is 3. The van der Waals surface area contributed by atoms with Crippen LogP contribution in [0.5, 0.6) is 5.75 Å². The largest absolute Gasteiger partial charge is 0.573 e. The number of amides is 1. The second kappa shape index (κ2) is 7.73. The Morgan fingerprint density at radius 2 is 1.76 bits per heavy atom. The average Bonchev–Trinajstić information content (AvgIpc) is 3.24. The van der Waals surface area contributed by atoms with E-state index in [4.69, 9.17) is 4.42 Å². The molecule has 1 aromatic carbocycles. The summed E-state index contributed by atoms with van der Waals surface area (Å²) in [7, 11) is -2.52. The van der Waals surface area contributed by atoms with Crippen molar-refractivity contribution in [1.29, 1.82) is 0 Å². The first-order valence-electron chi connectivity index (χ1n) is 9.39. The molecule has 0 N–H and O–H groups in total. The maximum absolute atomic E-state index is 13.1. The molecule has 12 heteroatoms. The monoisotopic (exact) mass is 479 g/mol. The van der Waals surface area contributed by atoms with E-state index in [9.17, 15) is 26.4 Å². The Balaban J connectivity index is 1.98. The van der Waals surface area contributed by atoms with Gasteiger partial charge in [-0.3, -0.25) is 4.79 Å². The summed E-state index contributed by atoms with van der Waals surface area (Å²) in [5.41, 5.74) is -0.0330. The van der Waals surface area contributed by atoms with Crippen LogP contribution in [0, 0.1) is 6.92 Å². The minimum atomic E-state index is -4.93. The molecule has 0 aliphatic carbocycles. The van der Waals surface area contributed by atoms with Gasteiger partial charge in [-0.15, -0.1) is 13.2 Å². The highest BCUT2D eigenvalue weighted by atomic mass is 32.2. The summed E-state index contributed by atoms with van der Waals surface area (Å²) in [5, 5.41) is -0.556. The van der Waals surface area contributed by atoms with Crippen LogP contribution in [-0.2, 0) is 9.84 Å². The van der Waals surface area contributed by atoms with Crippen LogP contribution in [0.4, 0.5) is 13.2 Å². The highest BCUT2D eigenvalue weighted by molar-refractivity contribution is 7.90. The van der Waals surface area contributed by atoms with Crippen molar-refractivity contribution >= 4 is 27.5 Å². The van der Waals surface area contributed by atoms with Crippen LogP contribution in [0.1, 0.15) is 27.4 Å². The van der Waals surface area contributed by atoms with Crippen LogP contribution in [0.3, 0.4) is 0 Å². The summed E-state index contributed by atoms with van der Waals surface area (Å²) in [4.78, 5) is 22.3. The Morgan fingerprint density at radius 3 is 2.36 bits per heavy atom. The van der Waals surface area contributed by atoms with Gasteiger partial charge in [-0.25, -0.2) is 18.4 Å². The highest BCUT2D eigenvalue weighted by Gasteiger charge is 2.38. The minimum absolute atomic E-state index is 0.00670. The number of aromatic nitrogens is 2. The smallest absolute Gasteiger partial charge is 0.460 e. The number of alkyl halides is 3. The first-order chi connectivity index (χ1) is 15.3. The van der Waals surface area contributed by atoms with Gasteiger partial charge in [-0.2, -0.15) is 0 Å². The standard InChI is InChI=1S/C21H16F3N3O5S/c1-11-8-9-15(31-11)18-16-17(25-20(26-18)33(3,29)30)13(27(2)19(16)28)10-12-6-4-5-7-14(12)32-21(22,23)24/h4-10H,1-3H3/b13-10-. The van der Waals surface area contributed by atoms with Crippen LogP contribution in [0.15, 0.2) is 46.0 Å². The van der Waals surface area contributed by atoms with Crippen molar-refractivity contribution < 1.29 is 35.5 Å². The van der Waals surface area contributed by atoms with Crippen molar-refractivity contribution in [3.63, 3.8) is 0 Å². The van der Waals surface area contributed by atoms with Crippen LogP contribution < -0.4 is 4.74 Å². The molecular weight excluding hydrogens is 463 g/mol. The number of hydrogen-bond donors (Lipinski definition) is 0. The van der Waals surface area contributed by atoms with E-state index in [0.29, 0.717) is 5.76 Å². The fraction of sp³-hybridized carbons (Fsp3) is 0.190. The Kier molecular flexibility index (Phi) is 5.27. The number of nitrogens with zero attached hydrogens (tertiary/aromatic N) is 3. The van der Waals surface area contributed by atoms with E-state index >= 15 is 0 Å². The number of furan rings is 1. The van der Waals surface area contributed by atoms with Gasteiger partial charge in [0.15, 0.2) is 5.76 Å². The molecule has 172 valence electrons. The summed E-state index contributed by atoms with van der Waals surface area (Å²) >= 11 is 0. The molecule has 0 bridgehead atoms. The summed E-state index contributed by atoms with van der Waals surface area (Å²) < 4.78 is 72.6. The average molecular weight is 479 g/mol. The molecule has 0 fully saturated rings. The number of ether oxygens (including phenoxy) is 1. The topological polar surface area (TPSA) is 103 Å². The third-order valence-corrected chi connectivity index (χ3v) is 5.60. The van der Waals surface area contributed by atoms with E-state index in [-0.39, 0.29) is 34.0 Å². The predicted molar refractivity (Wildman–Crippen MR) is 111 cm³/mol. The lowest BCUT2D eigenvalue weighted by atomic mass is 10.1. The fourth-order valence-electron chi connectivity index (χ4n) is 3.30. The normalized spacial score (nSPS) is 15.3. The SMILES string of the molecule is Cc1ccc(-c2nc(S(C)(=O)=O)nc3c2C(=O)N(C)/C3=C\c2ccccc2OC(F)(F)F)o1. The molecule has 3 aromatic rings. The Labute approximate surface area is 186 Å². The maximum Gasteiger partial charge on any atom is 0.573 e. The molecule has 0 saturated carbocycles. The zero-order valence-electron chi connectivity index (χ0n) is 17.5. The summed E-state index contributed by atoms with van der Waals surface area (Å²) in [5.74, 6) is -0.411. The quantitative estimate of drug-likeness (QED) is 0.523. The van der Waals surface area contributed by atoms with Gasteiger partial charge in [0.2, 0.25) is 15.0 Å². The predicted octanol–water partition coefficient (Wildman–Crippen LogP) is 3.93. The van der Waals surface area contributed by atoms with Gasteiger partial charge < -0.3 is 14.1 Å². The third-order valence-electron chi connectivity index (χ3n) is 4.75. The van der Waals surface area contributed by atoms with E-state index < -0.39 is 33.0 Å². The lowest BCUT2D eigenvalue weighted by molar-refractivity contribution is -0.274. The molecule has 4 rings (SSSR count). The number of sulfone groups is 1.